The molecule has 1 aromatic rings. The molecule has 0 radical (unpaired) electrons. The van der Waals surface area contributed by atoms with E-state index in [4.69, 9.17) is 10.5 Å². The highest BCUT2D eigenvalue weighted by molar-refractivity contribution is 5.69. The number of carbonyl (C=O) groups excluding carboxylic acids is 1. The number of pyridine rings is 1. The minimum absolute atomic E-state index is 0.0706. The smallest absolute Gasteiger partial charge is 0.408 e. The molecule has 0 bridgehead atoms. The summed E-state index contributed by atoms with van der Waals surface area (Å²) in [4.78, 5) is 18.2. The lowest BCUT2D eigenvalue weighted by molar-refractivity contribution is -0.0405. The third-order valence-corrected chi connectivity index (χ3v) is 4.46. The van der Waals surface area contributed by atoms with Crippen LogP contribution in [0.3, 0.4) is 0 Å². The van der Waals surface area contributed by atoms with Gasteiger partial charge in [0.25, 0.3) is 0 Å². The molecular weight excluding hydrogens is 308 g/mol. The second-order valence-corrected chi connectivity index (χ2v) is 7.67. The number of aromatic nitrogens is 1. The number of carbonyl (C=O) groups is 1. The Morgan fingerprint density at radius 3 is 2.75 bits per heavy atom. The number of nitrogens with two attached hydrogens (primary N) is 1. The minimum Gasteiger partial charge on any atom is -0.444 e. The van der Waals surface area contributed by atoms with Crippen molar-refractivity contribution >= 4 is 17.5 Å². The fraction of sp³-hybridized carbons (Fsp3) is 0.647. The molecule has 7 nitrogen and oxygen atoms in total. The van der Waals surface area contributed by atoms with Gasteiger partial charge in [0, 0.05) is 25.2 Å². The largest absolute Gasteiger partial charge is 0.444 e. The van der Waals surface area contributed by atoms with Crippen molar-refractivity contribution in [2.45, 2.75) is 51.9 Å². The Balaban J connectivity index is 2.18. The van der Waals surface area contributed by atoms with Gasteiger partial charge in [-0.25, -0.2) is 4.79 Å². The van der Waals surface area contributed by atoms with Crippen LogP contribution in [0.1, 0.15) is 34.6 Å². The SMILES string of the molecule is CC1CN(c2ccncc2N)CC(NC(=O)OC(C)(C)C)C1(C)O. The normalized spacial score (nSPS) is 27.7. The first-order valence-electron chi connectivity index (χ1n) is 8.17. The molecule has 2 rings (SSSR count). The number of nitrogen functional groups attached to an aromatic ring is 1. The van der Waals surface area contributed by atoms with Crippen molar-refractivity contribution in [1.82, 2.24) is 10.3 Å². The molecule has 1 amide bonds. The van der Waals surface area contributed by atoms with Crippen LogP contribution in [0.2, 0.25) is 0 Å². The van der Waals surface area contributed by atoms with Crippen LogP contribution < -0.4 is 16.0 Å². The summed E-state index contributed by atoms with van der Waals surface area (Å²) in [6.45, 7) is 10.2. The van der Waals surface area contributed by atoms with Crippen LogP contribution in [0.15, 0.2) is 18.5 Å². The van der Waals surface area contributed by atoms with E-state index in [1.54, 1.807) is 40.1 Å². The number of rotatable bonds is 2. The highest BCUT2D eigenvalue weighted by atomic mass is 16.6. The fourth-order valence-electron chi connectivity index (χ4n) is 2.86. The highest BCUT2D eigenvalue weighted by Crippen LogP contribution is 2.33. The Labute approximate surface area is 143 Å². The molecule has 1 saturated heterocycles. The molecule has 0 aromatic carbocycles. The zero-order valence-electron chi connectivity index (χ0n) is 15.0. The molecule has 0 saturated carbocycles. The van der Waals surface area contributed by atoms with Gasteiger partial charge in [-0.05, 0) is 33.8 Å². The van der Waals surface area contributed by atoms with Crippen molar-refractivity contribution in [2.24, 2.45) is 5.92 Å². The van der Waals surface area contributed by atoms with Crippen LogP contribution in [-0.2, 0) is 4.74 Å². The number of amides is 1. The van der Waals surface area contributed by atoms with Gasteiger partial charge in [0.2, 0.25) is 0 Å². The average molecular weight is 336 g/mol. The Kier molecular flexibility index (Phi) is 4.94. The highest BCUT2D eigenvalue weighted by Gasteiger charge is 2.44. The Morgan fingerprint density at radius 1 is 1.50 bits per heavy atom. The molecule has 2 heterocycles. The number of alkyl carbamates (subject to hydrolysis) is 1. The predicted octanol–water partition coefficient (Wildman–Crippen LogP) is 1.76. The Morgan fingerprint density at radius 2 is 2.17 bits per heavy atom. The summed E-state index contributed by atoms with van der Waals surface area (Å²) in [6.07, 6.45) is 2.74. The van der Waals surface area contributed by atoms with Crippen molar-refractivity contribution < 1.29 is 14.6 Å². The lowest BCUT2D eigenvalue weighted by Crippen LogP contribution is -2.65. The zero-order valence-corrected chi connectivity index (χ0v) is 15.0. The lowest BCUT2D eigenvalue weighted by atomic mass is 9.79. The van der Waals surface area contributed by atoms with Gasteiger partial charge < -0.3 is 25.8 Å². The molecule has 1 aromatic heterocycles. The van der Waals surface area contributed by atoms with Crippen LogP contribution in [-0.4, -0.2) is 46.5 Å². The van der Waals surface area contributed by atoms with Crippen LogP contribution in [0.5, 0.6) is 0 Å². The van der Waals surface area contributed by atoms with Crippen LogP contribution in [0.4, 0.5) is 16.2 Å². The molecule has 3 unspecified atom stereocenters. The number of hydrogen-bond donors (Lipinski definition) is 3. The summed E-state index contributed by atoms with van der Waals surface area (Å²) in [7, 11) is 0. The first-order chi connectivity index (χ1) is 11.0. The summed E-state index contributed by atoms with van der Waals surface area (Å²) in [5, 5.41) is 13.6. The quantitative estimate of drug-likeness (QED) is 0.761. The molecule has 1 fully saturated rings. The van der Waals surface area contributed by atoms with Gasteiger partial charge >= 0.3 is 6.09 Å². The van der Waals surface area contributed by atoms with Gasteiger partial charge in [-0.1, -0.05) is 6.92 Å². The average Bonchev–Trinajstić information content (AvgIpc) is 2.42. The van der Waals surface area contributed by atoms with Gasteiger partial charge in [0.15, 0.2) is 0 Å². The molecule has 3 atom stereocenters. The number of nitrogens with one attached hydrogen (secondary N) is 1. The van der Waals surface area contributed by atoms with E-state index in [-0.39, 0.29) is 5.92 Å². The number of nitrogens with zero attached hydrogens (tertiary/aromatic N) is 2. The van der Waals surface area contributed by atoms with Crippen molar-refractivity contribution in [3.05, 3.63) is 18.5 Å². The second kappa shape index (κ2) is 6.47. The number of anilines is 2. The number of aliphatic hydroxyl groups is 1. The maximum atomic E-state index is 12.1. The van der Waals surface area contributed by atoms with Crippen molar-refractivity contribution in [1.29, 1.82) is 0 Å². The Hall–Kier alpha value is -2.02. The van der Waals surface area contributed by atoms with Gasteiger partial charge in [-0.15, -0.1) is 0 Å². The molecule has 1 aliphatic heterocycles. The summed E-state index contributed by atoms with van der Waals surface area (Å²) in [5.74, 6) is -0.0706. The molecule has 0 aliphatic carbocycles. The number of hydrogen-bond acceptors (Lipinski definition) is 6. The predicted molar refractivity (Wildman–Crippen MR) is 93.8 cm³/mol. The standard InChI is InChI=1S/C17H28N4O3/c1-11-9-21(13-6-7-19-8-12(13)18)10-14(17(11,5)23)20-15(22)24-16(2,3)4/h6-8,11,14,23H,9-10,18H2,1-5H3,(H,20,22). The van der Waals surface area contributed by atoms with E-state index in [1.807, 2.05) is 13.0 Å². The molecule has 7 heteroatoms. The molecule has 24 heavy (non-hydrogen) atoms. The zero-order chi connectivity index (χ0) is 18.1. The first kappa shape index (κ1) is 18.3. The molecule has 1 aliphatic rings. The lowest BCUT2D eigenvalue weighted by Gasteiger charge is -2.48. The molecule has 4 N–H and O–H groups in total. The Bertz CT molecular complexity index is 598. The van der Waals surface area contributed by atoms with Crippen LogP contribution in [0.25, 0.3) is 0 Å². The van der Waals surface area contributed by atoms with Crippen molar-refractivity contribution in [2.75, 3.05) is 23.7 Å². The third kappa shape index (κ3) is 4.08. The summed E-state index contributed by atoms with van der Waals surface area (Å²) in [5.41, 5.74) is 5.80. The van der Waals surface area contributed by atoms with E-state index in [9.17, 15) is 9.90 Å². The minimum atomic E-state index is -1.05. The van der Waals surface area contributed by atoms with E-state index >= 15 is 0 Å². The van der Waals surface area contributed by atoms with Gasteiger partial charge in [-0.2, -0.15) is 0 Å². The van der Waals surface area contributed by atoms with Crippen LogP contribution in [0, 0.1) is 5.92 Å². The second-order valence-electron chi connectivity index (χ2n) is 7.67. The van der Waals surface area contributed by atoms with Crippen molar-refractivity contribution in [3.63, 3.8) is 0 Å². The fourth-order valence-corrected chi connectivity index (χ4v) is 2.86. The molecule has 134 valence electrons. The third-order valence-electron chi connectivity index (χ3n) is 4.46. The summed E-state index contributed by atoms with van der Waals surface area (Å²) in [6, 6.07) is 1.36. The van der Waals surface area contributed by atoms with Gasteiger partial charge in [0.05, 0.1) is 29.2 Å². The van der Waals surface area contributed by atoms with Crippen LogP contribution >= 0.6 is 0 Å². The molecular formula is C17H28N4O3. The van der Waals surface area contributed by atoms with E-state index in [0.29, 0.717) is 18.8 Å². The van der Waals surface area contributed by atoms with Crippen molar-refractivity contribution in [3.8, 4) is 0 Å². The monoisotopic (exact) mass is 336 g/mol. The summed E-state index contributed by atoms with van der Waals surface area (Å²) < 4.78 is 5.32. The van der Waals surface area contributed by atoms with E-state index in [0.717, 1.165) is 5.69 Å². The summed E-state index contributed by atoms with van der Waals surface area (Å²) >= 11 is 0. The topological polar surface area (TPSA) is 101 Å². The van der Waals surface area contributed by atoms with E-state index in [1.165, 1.54) is 0 Å². The van der Waals surface area contributed by atoms with Gasteiger partial charge in [0.1, 0.15) is 5.60 Å². The number of ether oxygens (including phenoxy) is 1. The maximum Gasteiger partial charge on any atom is 0.408 e. The van der Waals surface area contributed by atoms with Gasteiger partial charge in [-0.3, -0.25) is 4.98 Å². The maximum absolute atomic E-state index is 12.1. The van der Waals surface area contributed by atoms with E-state index in [2.05, 4.69) is 15.2 Å². The molecule has 0 spiro atoms. The van der Waals surface area contributed by atoms with E-state index < -0.39 is 23.3 Å². The first-order valence-corrected chi connectivity index (χ1v) is 8.17. The number of piperidine rings is 1.